The Labute approximate surface area is 141 Å². The average molecular weight is 385 g/mol. The van der Waals surface area contributed by atoms with Crippen LogP contribution in [0.4, 0.5) is 5.69 Å². The van der Waals surface area contributed by atoms with Gasteiger partial charge in [0.05, 0.1) is 11.8 Å². The Morgan fingerprint density at radius 2 is 2.00 bits per heavy atom. The second kappa shape index (κ2) is 5.64. The number of fused-ring (bicyclic) bond motifs is 1. The fourth-order valence-corrected chi connectivity index (χ4v) is 4.02. The van der Waals surface area contributed by atoms with Gasteiger partial charge >= 0.3 is 0 Å². The monoisotopic (exact) mass is 383 g/mol. The zero-order valence-electron chi connectivity index (χ0n) is 11.2. The van der Waals surface area contributed by atoms with Gasteiger partial charge in [-0.3, -0.25) is 4.79 Å². The minimum absolute atomic E-state index is 0.0131. The number of halogens is 3. The molecule has 0 fully saturated rings. The molecular weight excluding hydrogens is 373 g/mol. The number of hydrogen-bond donors (Lipinski definition) is 1. The summed E-state index contributed by atoms with van der Waals surface area (Å²) in [6.07, 6.45) is 0.373. The molecule has 1 N–H and O–H groups in total. The van der Waals surface area contributed by atoms with Crippen LogP contribution >= 0.6 is 39.1 Å². The van der Waals surface area contributed by atoms with Gasteiger partial charge in [-0.1, -0.05) is 39.7 Å². The van der Waals surface area contributed by atoms with Crippen molar-refractivity contribution in [2.45, 2.75) is 18.7 Å². The Hall–Kier alpha value is -1.03. The van der Waals surface area contributed by atoms with Crippen molar-refractivity contribution >= 4 is 50.7 Å². The second-order valence-corrected chi connectivity index (χ2v) is 6.84. The highest BCUT2D eigenvalue weighted by atomic mass is 79.9. The van der Waals surface area contributed by atoms with Crippen LogP contribution in [0.25, 0.3) is 0 Å². The van der Waals surface area contributed by atoms with Gasteiger partial charge in [-0.2, -0.15) is 0 Å². The first-order valence-electron chi connectivity index (χ1n) is 6.48. The Bertz CT molecular complexity index is 745. The summed E-state index contributed by atoms with van der Waals surface area (Å²) in [5, 5.41) is 2.98. The SMILES string of the molecule is Cc1ccc(C(Cl)c2cc3c(cc2Cl)NC(=O)C3)c(Br)c1. The summed E-state index contributed by atoms with van der Waals surface area (Å²) in [6.45, 7) is 2.03. The van der Waals surface area contributed by atoms with E-state index in [1.165, 1.54) is 0 Å². The van der Waals surface area contributed by atoms with Crippen LogP contribution < -0.4 is 5.32 Å². The minimum Gasteiger partial charge on any atom is -0.325 e. The van der Waals surface area contributed by atoms with Gasteiger partial charge in [0, 0.05) is 15.2 Å². The Kier molecular flexibility index (Phi) is 4.00. The van der Waals surface area contributed by atoms with Gasteiger partial charge in [-0.05, 0) is 47.4 Å². The molecule has 1 atom stereocenters. The molecule has 2 nitrogen and oxygen atoms in total. The Morgan fingerprint density at radius 1 is 1.24 bits per heavy atom. The molecule has 1 aliphatic heterocycles. The highest BCUT2D eigenvalue weighted by Crippen LogP contribution is 2.40. The molecule has 0 radical (unpaired) electrons. The third-order valence-corrected chi connectivity index (χ3v) is 5.03. The Morgan fingerprint density at radius 3 is 2.71 bits per heavy atom. The molecule has 0 aliphatic carbocycles. The van der Waals surface area contributed by atoms with Crippen molar-refractivity contribution in [1.82, 2.24) is 0 Å². The van der Waals surface area contributed by atoms with Crippen LogP contribution in [0.15, 0.2) is 34.8 Å². The summed E-state index contributed by atoms with van der Waals surface area (Å²) in [4.78, 5) is 11.5. The van der Waals surface area contributed by atoms with Crippen LogP contribution in [0.5, 0.6) is 0 Å². The van der Waals surface area contributed by atoms with Crippen molar-refractivity contribution in [3.8, 4) is 0 Å². The third kappa shape index (κ3) is 2.83. The topological polar surface area (TPSA) is 29.1 Å². The lowest BCUT2D eigenvalue weighted by molar-refractivity contribution is -0.115. The van der Waals surface area contributed by atoms with Gasteiger partial charge in [-0.15, -0.1) is 11.6 Å². The number of amides is 1. The van der Waals surface area contributed by atoms with Crippen LogP contribution in [0, 0.1) is 6.92 Å². The molecule has 2 aromatic carbocycles. The lowest BCUT2D eigenvalue weighted by Crippen LogP contribution is -2.03. The summed E-state index contributed by atoms with van der Waals surface area (Å²) in [6, 6.07) is 9.72. The van der Waals surface area contributed by atoms with Gasteiger partial charge in [0.25, 0.3) is 0 Å². The predicted octanol–water partition coefficient (Wildman–Crippen LogP) is 5.23. The number of anilines is 1. The van der Waals surface area contributed by atoms with Crippen LogP contribution in [0.3, 0.4) is 0 Å². The van der Waals surface area contributed by atoms with E-state index in [2.05, 4.69) is 21.2 Å². The molecule has 1 aliphatic rings. The lowest BCUT2D eigenvalue weighted by Gasteiger charge is -2.16. The first-order valence-corrected chi connectivity index (χ1v) is 8.08. The summed E-state index contributed by atoms with van der Waals surface area (Å²) >= 11 is 16.5. The molecule has 3 rings (SSSR count). The zero-order valence-corrected chi connectivity index (χ0v) is 14.3. The molecule has 2 aromatic rings. The zero-order chi connectivity index (χ0) is 15.1. The maximum atomic E-state index is 11.5. The molecule has 5 heteroatoms. The summed E-state index contributed by atoms with van der Waals surface area (Å²) in [5.41, 5.74) is 4.65. The van der Waals surface area contributed by atoms with Gasteiger partial charge in [0.1, 0.15) is 0 Å². The fraction of sp³-hybridized carbons (Fsp3) is 0.188. The normalized spacial score (nSPS) is 14.8. The lowest BCUT2D eigenvalue weighted by atomic mass is 10.00. The van der Waals surface area contributed by atoms with E-state index in [0.717, 1.165) is 32.4 Å². The smallest absolute Gasteiger partial charge is 0.228 e. The van der Waals surface area contributed by atoms with E-state index >= 15 is 0 Å². The highest BCUT2D eigenvalue weighted by molar-refractivity contribution is 9.10. The van der Waals surface area contributed by atoms with E-state index in [-0.39, 0.29) is 11.3 Å². The first kappa shape index (κ1) is 14.9. The molecule has 0 spiro atoms. The van der Waals surface area contributed by atoms with Crippen molar-refractivity contribution in [2.75, 3.05) is 5.32 Å². The highest BCUT2D eigenvalue weighted by Gasteiger charge is 2.23. The largest absolute Gasteiger partial charge is 0.325 e. The van der Waals surface area contributed by atoms with Crippen LogP contribution in [-0.4, -0.2) is 5.91 Å². The molecule has 0 aromatic heterocycles. The molecule has 0 bridgehead atoms. The summed E-state index contributed by atoms with van der Waals surface area (Å²) in [5.74, 6) is -0.0131. The quantitative estimate of drug-likeness (QED) is 0.705. The van der Waals surface area contributed by atoms with E-state index in [9.17, 15) is 4.79 Å². The number of rotatable bonds is 2. The van der Waals surface area contributed by atoms with Crippen molar-refractivity contribution in [1.29, 1.82) is 0 Å². The molecular formula is C16H12BrCl2NO. The number of nitrogens with one attached hydrogen (secondary N) is 1. The number of benzene rings is 2. The van der Waals surface area contributed by atoms with Gasteiger partial charge in [-0.25, -0.2) is 0 Å². The van der Waals surface area contributed by atoms with E-state index < -0.39 is 0 Å². The van der Waals surface area contributed by atoms with Crippen LogP contribution in [0.2, 0.25) is 5.02 Å². The molecule has 1 amide bonds. The van der Waals surface area contributed by atoms with Crippen LogP contribution in [-0.2, 0) is 11.2 Å². The standard InChI is InChI=1S/C16H12BrCl2NO/c1-8-2-3-10(12(17)4-8)16(19)11-5-9-6-15(21)20-14(9)7-13(11)18/h2-5,7,16H,6H2,1H3,(H,20,21). The average Bonchev–Trinajstić information content (AvgIpc) is 2.76. The van der Waals surface area contributed by atoms with Crippen molar-refractivity contribution in [3.63, 3.8) is 0 Å². The first-order chi connectivity index (χ1) is 9.95. The fourth-order valence-electron chi connectivity index (χ4n) is 2.47. The molecule has 108 valence electrons. The van der Waals surface area contributed by atoms with Crippen molar-refractivity contribution in [3.05, 3.63) is 62.1 Å². The van der Waals surface area contributed by atoms with Crippen LogP contribution in [0.1, 0.15) is 27.6 Å². The molecule has 0 saturated carbocycles. The number of aryl methyl sites for hydroxylation is 1. The minimum atomic E-state index is -0.367. The Balaban J connectivity index is 2.04. The van der Waals surface area contributed by atoms with Gasteiger partial charge in [0.15, 0.2) is 0 Å². The molecule has 0 saturated heterocycles. The third-order valence-electron chi connectivity index (χ3n) is 3.55. The van der Waals surface area contributed by atoms with Gasteiger partial charge in [0.2, 0.25) is 5.91 Å². The maximum absolute atomic E-state index is 11.5. The molecule has 21 heavy (non-hydrogen) atoms. The number of carbonyl (C=O) groups excluding carboxylic acids is 1. The van der Waals surface area contributed by atoms with Gasteiger partial charge < -0.3 is 5.32 Å². The maximum Gasteiger partial charge on any atom is 0.228 e. The predicted molar refractivity (Wildman–Crippen MR) is 90.4 cm³/mol. The van der Waals surface area contributed by atoms with E-state index in [1.54, 1.807) is 6.07 Å². The van der Waals surface area contributed by atoms with E-state index in [1.807, 2.05) is 31.2 Å². The summed E-state index contributed by atoms with van der Waals surface area (Å²) in [7, 11) is 0. The molecule has 1 unspecified atom stereocenters. The second-order valence-electron chi connectivity index (χ2n) is 5.14. The van der Waals surface area contributed by atoms with E-state index in [4.69, 9.17) is 23.2 Å². The number of hydrogen-bond acceptors (Lipinski definition) is 1. The number of alkyl halides is 1. The molecule has 1 heterocycles. The summed E-state index contributed by atoms with van der Waals surface area (Å²) < 4.78 is 0.952. The number of carbonyl (C=O) groups is 1. The van der Waals surface area contributed by atoms with Crippen molar-refractivity contribution in [2.24, 2.45) is 0 Å². The van der Waals surface area contributed by atoms with E-state index in [0.29, 0.717) is 11.4 Å². The van der Waals surface area contributed by atoms with Crippen molar-refractivity contribution < 1.29 is 4.79 Å².